The fourth-order valence-corrected chi connectivity index (χ4v) is 9.33. The van der Waals surface area contributed by atoms with Crippen LogP contribution in [0.4, 0.5) is 0 Å². The second-order valence-electron chi connectivity index (χ2n) is 13.3. The van der Waals surface area contributed by atoms with Crippen molar-refractivity contribution < 1.29 is 4.79 Å². The molecular weight excluding hydrogens is 364 g/mol. The molecule has 0 bridgehead atoms. The summed E-state index contributed by atoms with van der Waals surface area (Å²) in [5.74, 6) is 4.89. The molecule has 30 heavy (non-hydrogen) atoms. The van der Waals surface area contributed by atoms with Crippen molar-refractivity contribution in [1.82, 2.24) is 0 Å². The average molecular weight is 413 g/mol. The molecule has 0 radical (unpaired) electrons. The minimum Gasteiger partial charge on any atom is -0.299 e. The van der Waals surface area contributed by atoms with E-state index in [0.29, 0.717) is 27.9 Å². The molecule has 4 aliphatic rings. The van der Waals surface area contributed by atoms with Crippen LogP contribution in [0.1, 0.15) is 113 Å². The summed E-state index contributed by atoms with van der Waals surface area (Å²) in [6, 6.07) is 0. The van der Waals surface area contributed by atoms with Gasteiger partial charge in [0.1, 0.15) is 5.78 Å². The van der Waals surface area contributed by atoms with Gasteiger partial charge in [-0.05, 0) is 97.2 Å². The topological polar surface area (TPSA) is 17.1 Å². The van der Waals surface area contributed by atoms with Gasteiger partial charge in [0.05, 0.1) is 0 Å². The minimum absolute atomic E-state index is 0.197. The maximum Gasteiger partial charge on any atom is 0.135 e. The fraction of sp³-hybridized carbons (Fsp3) is 0.897. The van der Waals surface area contributed by atoms with Crippen molar-refractivity contribution in [3.8, 4) is 0 Å². The number of carbonyl (C=O) groups excluding carboxylic acids is 1. The van der Waals surface area contributed by atoms with Crippen molar-refractivity contribution in [3.63, 3.8) is 0 Å². The van der Waals surface area contributed by atoms with E-state index < -0.39 is 0 Å². The van der Waals surface area contributed by atoms with Gasteiger partial charge in [-0.1, -0.05) is 66.5 Å². The van der Waals surface area contributed by atoms with E-state index in [0.717, 1.165) is 36.5 Å². The third kappa shape index (κ3) is 3.45. The van der Waals surface area contributed by atoms with Gasteiger partial charge in [-0.25, -0.2) is 0 Å². The summed E-state index contributed by atoms with van der Waals surface area (Å²) in [7, 11) is 0. The Balaban J connectivity index is 1.53. The number of allylic oxidation sites excluding steroid dienone is 2. The molecular formula is C29H48O. The van der Waals surface area contributed by atoms with Gasteiger partial charge in [-0.3, -0.25) is 4.79 Å². The van der Waals surface area contributed by atoms with Crippen LogP contribution in [0.5, 0.6) is 0 Å². The maximum absolute atomic E-state index is 12.2. The molecule has 0 spiro atoms. The Kier molecular flexibility index (Phi) is 5.85. The van der Waals surface area contributed by atoms with Crippen LogP contribution >= 0.6 is 0 Å². The van der Waals surface area contributed by atoms with Crippen LogP contribution in [0.2, 0.25) is 0 Å². The van der Waals surface area contributed by atoms with E-state index in [1.165, 1.54) is 51.4 Å². The van der Waals surface area contributed by atoms with Crippen molar-refractivity contribution in [2.24, 2.45) is 51.8 Å². The molecule has 0 N–H and O–H groups in total. The summed E-state index contributed by atoms with van der Waals surface area (Å²) in [6.07, 6.45) is 15.9. The molecule has 0 aromatic rings. The molecule has 0 aromatic heterocycles. The van der Waals surface area contributed by atoms with E-state index in [-0.39, 0.29) is 5.92 Å². The highest BCUT2D eigenvalue weighted by Gasteiger charge is 2.60. The summed E-state index contributed by atoms with van der Waals surface area (Å²) in [5.41, 5.74) is 3.20. The molecule has 4 aliphatic carbocycles. The molecule has 0 amide bonds. The first kappa shape index (κ1) is 22.6. The summed E-state index contributed by atoms with van der Waals surface area (Å²) < 4.78 is 0. The van der Waals surface area contributed by atoms with Crippen molar-refractivity contribution >= 4 is 5.78 Å². The number of rotatable bonds is 5. The molecule has 0 heterocycles. The molecule has 0 saturated heterocycles. The number of fused-ring (bicyclic) bond motifs is 5. The Hall–Kier alpha value is -0.590. The molecule has 4 rings (SSSR count). The number of ketones is 1. The quantitative estimate of drug-likeness (QED) is 0.415. The first-order chi connectivity index (χ1) is 14.0. The Labute approximate surface area is 186 Å². The Morgan fingerprint density at radius 1 is 1.00 bits per heavy atom. The molecule has 170 valence electrons. The molecule has 1 heteroatoms. The smallest absolute Gasteiger partial charge is 0.135 e. The summed E-state index contributed by atoms with van der Waals surface area (Å²) in [5, 5.41) is 0. The van der Waals surface area contributed by atoms with E-state index in [9.17, 15) is 4.79 Å². The molecule has 0 unspecified atom stereocenters. The second kappa shape index (κ2) is 7.77. The standard InChI is InChI=1S/C29H48O/c1-19(2)25(30)13-9-20(3)22-11-12-23-21-10-14-26-27(4,5)16-8-17-29(26,7)24(21)15-18-28(22,23)6/h14,19-24H,8-13,15-18H2,1-7H3/t20-,21+,22-,23+,24+,28-,29-/m1/s1. The summed E-state index contributed by atoms with van der Waals surface area (Å²) >= 11 is 0. The molecule has 1 nitrogen and oxygen atoms in total. The second-order valence-corrected chi connectivity index (χ2v) is 13.3. The first-order valence-electron chi connectivity index (χ1n) is 13.2. The van der Waals surface area contributed by atoms with Crippen LogP contribution in [0.25, 0.3) is 0 Å². The lowest BCUT2D eigenvalue weighted by molar-refractivity contribution is -0.122. The van der Waals surface area contributed by atoms with Crippen LogP contribution in [-0.4, -0.2) is 5.78 Å². The summed E-state index contributed by atoms with van der Waals surface area (Å²) in [6.45, 7) is 16.9. The molecule has 0 aliphatic heterocycles. The van der Waals surface area contributed by atoms with Gasteiger partial charge in [0.25, 0.3) is 0 Å². The third-order valence-corrected chi connectivity index (χ3v) is 10.9. The Morgan fingerprint density at radius 2 is 1.73 bits per heavy atom. The van der Waals surface area contributed by atoms with Crippen molar-refractivity contribution in [2.45, 2.75) is 113 Å². The zero-order valence-corrected chi connectivity index (χ0v) is 21.0. The van der Waals surface area contributed by atoms with Crippen molar-refractivity contribution in [2.75, 3.05) is 0 Å². The predicted octanol–water partition coefficient (Wildman–Crippen LogP) is 8.23. The minimum atomic E-state index is 0.197. The number of Topliss-reactive ketones (excluding diaryl/α,β-unsaturated/α-hetero) is 1. The zero-order chi connectivity index (χ0) is 21.9. The highest BCUT2D eigenvalue weighted by Crippen LogP contribution is 2.68. The van der Waals surface area contributed by atoms with Crippen LogP contribution in [-0.2, 0) is 4.79 Å². The van der Waals surface area contributed by atoms with Gasteiger partial charge >= 0.3 is 0 Å². The van der Waals surface area contributed by atoms with Crippen LogP contribution in [0.15, 0.2) is 11.6 Å². The van der Waals surface area contributed by atoms with Gasteiger partial charge in [0.15, 0.2) is 0 Å². The largest absolute Gasteiger partial charge is 0.299 e. The molecule has 0 aromatic carbocycles. The third-order valence-electron chi connectivity index (χ3n) is 10.9. The normalized spacial score (nSPS) is 43.4. The molecule has 3 fully saturated rings. The lowest BCUT2D eigenvalue weighted by atomic mass is 9.44. The van der Waals surface area contributed by atoms with Crippen molar-refractivity contribution in [3.05, 3.63) is 11.6 Å². The van der Waals surface area contributed by atoms with Gasteiger partial charge in [0, 0.05) is 12.3 Å². The Bertz CT molecular complexity index is 699. The maximum atomic E-state index is 12.2. The van der Waals surface area contributed by atoms with Crippen LogP contribution in [0.3, 0.4) is 0 Å². The highest BCUT2D eigenvalue weighted by molar-refractivity contribution is 5.80. The Morgan fingerprint density at radius 3 is 2.43 bits per heavy atom. The number of carbonyl (C=O) groups is 1. The van der Waals surface area contributed by atoms with Gasteiger partial charge in [-0.15, -0.1) is 0 Å². The lowest BCUT2D eigenvalue weighted by Crippen LogP contribution is -2.52. The fourth-order valence-electron chi connectivity index (χ4n) is 9.33. The van der Waals surface area contributed by atoms with E-state index in [4.69, 9.17) is 0 Å². The molecule has 7 atom stereocenters. The van der Waals surface area contributed by atoms with Crippen molar-refractivity contribution in [1.29, 1.82) is 0 Å². The average Bonchev–Trinajstić information content (AvgIpc) is 3.02. The highest BCUT2D eigenvalue weighted by atomic mass is 16.1. The lowest BCUT2D eigenvalue weighted by Gasteiger charge is -2.60. The predicted molar refractivity (Wildman–Crippen MR) is 127 cm³/mol. The van der Waals surface area contributed by atoms with Crippen LogP contribution < -0.4 is 0 Å². The van der Waals surface area contributed by atoms with Gasteiger partial charge in [-0.2, -0.15) is 0 Å². The summed E-state index contributed by atoms with van der Waals surface area (Å²) in [4.78, 5) is 12.2. The van der Waals surface area contributed by atoms with Crippen LogP contribution in [0, 0.1) is 51.8 Å². The number of hydrogen-bond donors (Lipinski definition) is 0. The first-order valence-corrected chi connectivity index (χ1v) is 13.2. The number of hydrogen-bond acceptors (Lipinski definition) is 1. The van der Waals surface area contributed by atoms with E-state index >= 15 is 0 Å². The van der Waals surface area contributed by atoms with Gasteiger partial charge < -0.3 is 0 Å². The molecule has 3 saturated carbocycles. The SMILES string of the molecule is CC(C)C(=O)CC[C@@H](C)[C@H]1CC[C@H]2[C@@H]3CC=C4C(C)(C)CCC[C@]4(C)[C@H]3CC[C@]12C. The van der Waals surface area contributed by atoms with E-state index in [1.54, 1.807) is 0 Å². The monoisotopic (exact) mass is 412 g/mol. The van der Waals surface area contributed by atoms with E-state index in [2.05, 4.69) is 54.5 Å². The van der Waals surface area contributed by atoms with E-state index in [1.807, 2.05) is 5.57 Å². The van der Waals surface area contributed by atoms with Gasteiger partial charge in [0.2, 0.25) is 0 Å². The zero-order valence-electron chi connectivity index (χ0n) is 21.0.